The van der Waals surface area contributed by atoms with Gasteiger partial charge in [0.1, 0.15) is 5.82 Å². The zero-order valence-corrected chi connectivity index (χ0v) is 14.1. The molecule has 0 saturated heterocycles. The molecule has 3 aromatic rings. The molecule has 0 atom stereocenters. The van der Waals surface area contributed by atoms with E-state index in [9.17, 15) is 18.0 Å². The van der Waals surface area contributed by atoms with Gasteiger partial charge >= 0.3 is 6.18 Å². The van der Waals surface area contributed by atoms with E-state index < -0.39 is 17.6 Å². The molecule has 26 heavy (non-hydrogen) atoms. The summed E-state index contributed by atoms with van der Waals surface area (Å²) in [6.07, 6.45) is -4.50. The minimum Gasteiger partial charge on any atom is -0.306 e. The summed E-state index contributed by atoms with van der Waals surface area (Å²) in [5.74, 6) is -0.252. The third-order valence-electron chi connectivity index (χ3n) is 3.80. The Kier molecular flexibility index (Phi) is 4.54. The highest BCUT2D eigenvalue weighted by molar-refractivity contribution is 6.04. The predicted molar refractivity (Wildman–Crippen MR) is 92.4 cm³/mol. The molecule has 0 radical (unpaired) electrons. The molecule has 4 nitrogen and oxygen atoms in total. The van der Waals surface area contributed by atoms with Crippen LogP contribution in [-0.4, -0.2) is 15.7 Å². The van der Waals surface area contributed by atoms with Crippen LogP contribution in [0.1, 0.15) is 27.2 Å². The minimum atomic E-state index is -4.50. The van der Waals surface area contributed by atoms with Crippen LogP contribution < -0.4 is 5.32 Å². The molecule has 134 valence electrons. The molecule has 0 bridgehead atoms. The van der Waals surface area contributed by atoms with E-state index in [-0.39, 0.29) is 5.56 Å². The van der Waals surface area contributed by atoms with Gasteiger partial charge in [0, 0.05) is 11.6 Å². The van der Waals surface area contributed by atoms with E-state index in [0.29, 0.717) is 11.5 Å². The molecule has 0 spiro atoms. The molecular formula is C19H16F3N3O. The summed E-state index contributed by atoms with van der Waals surface area (Å²) in [5.41, 5.74) is 1.54. The Bertz CT molecular complexity index is 943. The van der Waals surface area contributed by atoms with Gasteiger partial charge in [-0.2, -0.15) is 18.3 Å². The van der Waals surface area contributed by atoms with Gasteiger partial charge < -0.3 is 5.32 Å². The summed E-state index contributed by atoms with van der Waals surface area (Å²) in [7, 11) is 0. The van der Waals surface area contributed by atoms with E-state index in [1.807, 2.05) is 31.2 Å². The van der Waals surface area contributed by atoms with Crippen molar-refractivity contribution < 1.29 is 18.0 Å². The molecule has 1 N–H and O–H groups in total. The number of rotatable bonds is 3. The molecule has 0 unspecified atom stereocenters. The number of halogens is 3. The lowest BCUT2D eigenvalue weighted by atomic mass is 10.1. The second-order valence-corrected chi connectivity index (χ2v) is 5.95. The number of amides is 1. The number of carbonyl (C=O) groups excluding carboxylic acids is 1. The third kappa shape index (κ3) is 3.77. The lowest BCUT2D eigenvalue weighted by Gasteiger charge is -2.11. The lowest BCUT2D eigenvalue weighted by molar-refractivity contribution is -0.137. The van der Waals surface area contributed by atoms with Crippen molar-refractivity contribution in [2.45, 2.75) is 20.0 Å². The first kappa shape index (κ1) is 17.7. The number of benzene rings is 2. The number of anilines is 1. The van der Waals surface area contributed by atoms with Crippen LogP contribution in [0, 0.1) is 13.8 Å². The van der Waals surface area contributed by atoms with Crippen molar-refractivity contribution in [3.8, 4) is 5.69 Å². The van der Waals surface area contributed by atoms with Crippen molar-refractivity contribution in [3.05, 3.63) is 77.0 Å². The van der Waals surface area contributed by atoms with Crippen LogP contribution in [0.25, 0.3) is 5.69 Å². The molecule has 3 rings (SSSR count). The van der Waals surface area contributed by atoms with Crippen molar-refractivity contribution in [3.63, 3.8) is 0 Å². The van der Waals surface area contributed by atoms with Crippen LogP contribution in [0.3, 0.4) is 0 Å². The Morgan fingerprint density at radius 1 is 1.04 bits per heavy atom. The largest absolute Gasteiger partial charge is 0.416 e. The van der Waals surface area contributed by atoms with Crippen molar-refractivity contribution >= 4 is 11.7 Å². The van der Waals surface area contributed by atoms with E-state index in [4.69, 9.17) is 0 Å². The number of nitrogens with zero attached hydrogens (tertiary/aromatic N) is 2. The molecule has 0 fully saturated rings. The highest BCUT2D eigenvalue weighted by Gasteiger charge is 2.31. The maximum absolute atomic E-state index is 12.8. The highest BCUT2D eigenvalue weighted by atomic mass is 19.4. The Balaban J connectivity index is 1.90. The van der Waals surface area contributed by atoms with Crippen molar-refractivity contribution in [1.82, 2.24) is 9.78 Å². The van der Waals surface area contributed by atoms with Gasteiger partial charge in [0.05, 0.1) is 16.9 Å². The van der Waals surface area contributed by atoms with Gasteiger partial charge in [-0.05, 0) is 44.2 Å². The Morgan fingerprint density at radius 2 is 1.73 bits per heavy atom. The fraction of sp³-hybridized carbons (Fsp3) is 0.158. The average Bonchev–Trinajstić information content (AvgIpc) is 2.95. The number of aromatic nitrogens is 2. The second kappa shape index (κ2) is 6.67. The van der Waals surface area contributed by atoms with E-state index in [1.54, 1.807) is 17.7 Å². The average molecular weight is 359 g/mol. The fourth-order valence-electron chi connectivity index (χ4n) is 2.50. The van der Waals surface area contributed by atoms with E-state index >= 15 is 0 Å². The maximum atomic E-state index is 12.8. The van der Waals surface area contributed by atoms with Gasteiger partial charge in [-0.15, -0.1) is 0 Å². The van der Waals surface area contributed by atoms with Crippen molar-refractivity contribution in [1.29, 1.82) is 0 Å². The molecular weight excluding hydrogens is 343 g/mol. The third-order valence-corrected chi connectivity index (χ3v) is 3.80. The van der Waals surface area contributed by atoms with Gasteiger partial charge in [0.2, 0.25) is 0 Å². The first-order valence-corrected chi connectivity index (χ1v) is 7.86. The van der Waals surface area contributed by atoms with Crippen LogP contribution in [-0.2, 0) is 6.18 Å². The number of aryl methyl sites for hydroxylation is 2. The summed E-state index contributed by atoms with van der Waals surface area (Å²) in [5, 5.41) is 6.97. The first-order chi connectivity index (χ1) is 12.2. The molecule has 1 amide bonds. The van der Waals surface area contributed by atoms with Gasteiger partial charge in [-0.25, -0.2) is 4.68 Å². The van der Waals surface area contributed by atoms with Gasteiger partial charge in [-0.3, -0.25) is 4.79 Å². The number of carbonyl (C=O) groups is 1. The highest BCUT2D eigenvalue weighted by Crippen LogP contribution is 2.29. The van der Waals surface area contributed by atoms with Gasteiger partial charge in [-0.1, -0.05) is 23.8 Å². The zero-order chi connectivity index (χ0) is 18.9. The van der Waals surface area contributed by atoms with E-state index in [0.717, 1.165) is 23.4 Å². The molecule has 1 aromatic heterocycles. The molecule has 0 saturated carbocycles. The summed E-state index contributed by atoms with van der Waals surface area (Å²) in [6.45, 7) is 3.72. The standard InChI is InChI=1S/C19H16F3N3O/c1-12-6-8-16(9-7-12)25-17(10-13(2)24-25)23-18(26)14-4-3-5-15(11-14)19(20,21)22/h3-11H,1-2H3,(H,23,26). The molecule has 0 aliphatic rings. The molecule has 1 heterocycles. The maximum Gasteiger partial charge on any atom is 0.416 e. The van der Waals surface area contributed by atoms with Crippen LogP contribution in [0.15, 0.2) is 54.6 Å². The van der Waals surface area contributed by atoms with Crippen molar-refractivity contribution in [2.24, 2.45) is 0 Å². The van der Waals surface area contributed by atoms with Gasteiger partial charge in [0.15, 0.2) is 0 Å². The van der Waals surface area contributed by atoms with Crippen LogP contribution in [0.5, 0.6) is 0 Å². The van der Waals surface area contributed by atoms with E-state index in [1.165, 1.54) is 12.1 Å². The fourth-order valence-corrected chi connectivity index (χ4v) is 2.50. The number of alkyl halides is 3. The Hall–Kier alpha value is -3.09. The van der Waals surface area contributed by atoms with E-state index in [2.05, 4.69) is 10.4 Å². The summed E-state index contributed by atoms with van der Waals surface area (Å²) >= 11 is 0. The summed E-state index contributed by atoms with van der Waals surface area (Å²) in [6, 6.07) is 13.5. The predicted octanol–water partition coefficient (Wildman–Crippen LogP) is 4.76. The smallest absolute Gasteiger partial charge is 0.306 e. The summed E-state index contributed by atoms with van der Waals surface area (Å²) in [4.78, 5) is 12.4. The topological polar surface area (TPSA) is 46.9 Å². The monoisotopic (exact) mass is 359 g/mol. The normalized spacial score (nSPS) is 11.4. The second-order valence-electron chi connectivity index (χ2n) is 5.95. The quantitative estimate of drug-likeness (QED) is 0.733. The first-order valence-electron chi connectivity index (χ1n) is 7.86. The number of nitrogens with one attached hydrogen (secondary N) is 1. The minimum absolute atomic E-state index is 0.0749. The van der Waals surface area contributed by atoms with Crippen LogP contribution >= 0.6 is 0 Å². The molecule has 0 aliphatic carbocycles. The molecule has 2 aromatic carbocycles. The van der Waals surface area contributed by atoms with Crippen molar-refractivity contribution in [2.75, 3.05) is 5.32 Å². The Morgan fingerprint density at radius 3 is 2.38 bits per heavy atom. The lowest BCUT2D eigenvalue weighted by Crippen LogP contribution is -2.16. The SMILES string of the molecule is Cc1ccc(-n2nc(C)cc2NC(=O)c2cccc(C(F)(F)F)c2)cc1. The van der Waals surface area contributed by atoms with Crippen LogP contribution in [0.4, 0.5) is 19.0 Å². The van der Waals surface area contributed by atoms with Gasteiger partial charge in [0.25, 0.3) is 5.91 Å². The molecule has 7 heteroatoms. The zero-order valence-electron chi connectivity index (χ0n) is 14.1. The summed E-state index contributed by atoms with van der Waals surface area (Å²) < 4.78 is 40.0. The number of hydrogen-bond donors (Lipinski definition) is 1. The van der Waals surface area contributed by atoms with Crippen LogP contribution in [0.2, 0.25) is 0 Å². The molecule has 0 aliphatic heterocycles. The number of hydrogen-bond acceptors (Lipinski definition) is 2. The Labute approximate surface area is 148 Å².